The summed E-state index contributed by atoms with van der Waals surface area (Å²) in [5.74, 6) is 0.773. The fraction of sp³-hybridized carbons (Fsp3) is 1.00. The van der Waals surface area contributed by atoms with E-state index < -0.39 is 7.15 Å². The molecule has 0 bridgehead atoms. The van der Waals surface area contributed by atoms with Crippen LogP contribution in [0.25, 0.3) is 0 Å². The van der Waals surface area contributed by atoms with E-state index in [1.54, 1.807) is 0 Å². The minimum absolute atomic E-state index is 0.710. The lowest BCUT2D eigenvalue weighted by Crippen LogP contribution is -1.81. The first-order chi connectivity index (χ1) is 5.77. The minimum atomic E-state index is -1.73. The first-order valence-corrected chi connectivity index (χ1v) is 7.68. The molecule has 0 N–H and O–H groups in total. The monoisotopic (exact) mass is 230 g/mol. The van der Waals surface area contributed by atoms with E-state index in [-0.39, 0.29) is 0 Å². The summed E-state index contributed by atoms with van der Waals surface area (Å²) in [5.41, 5.74) is 0. The fourth-order valence-electron chi connectivity index (χ4n) is 1.07. The summed E-state index contributed by atoms with van der Waals surface area (Å²) in [4.78, 5) is 0. The van der Waals surface area contributed by atoms with Crippen molar-refractivity contribution in [2.75, 3.05) is 12.0 Å². The quantitative estimate of drug-likeness (QED) is 0.346. The highest BCUT2D eigenvalue weighted by Crippen LogP contribution is 2.27. The summed E-state index contributed by atoms with van der Waals surface area (Å²) >= 11 is 10.9. The summed E-state index contributed by atoms with van der Waals surface area (Å²) in [5, 5.41) is 0. The van der Waals surface area contributed by atoms with Crippen molar-refractivity contribution >= 4 is 30.0 Å². The Balaban J connectivity index is 2.86. The van der Waals surface area contributed by atoms with E-state index in [9.17, 15) is 4.57 Å². The minimum Gasteiger partial charge on any atom is -0.310 e. The zero-order valence-corrected chi connectivity index (χ0v) is 9.83. The van der Waals surface area contributed by atoms with Crippen LogP contribution in [0.1, 0.15) is 38.5 Å². The average Bonchev–Trinajstić information content (AvgIpc) is 2.02. The summed E-state index contributed by atoms with van der Waals surface area (Å²) in [6, 6.07) is 0. The second kappa shape index (κ2) is 9.89. The lowest BCUT2D eigenvalue weighted by Gasteiger charge is -1.98. The zero-order valence-electron chi connectivity index (χ0n) is 7.32. The SMILES string of the molecule is O=[PH](Cl)CCCCCCCCCl. The highest BCUT2D eigenvalue weighted by atomic mass is 35.7. The number of alkyl halides is 1. The number of hydrogen-bond acceptors (Lipinski definition) is 1. The maximum absolute atomic E-state index is 10.5. The molecule has 0 spiro atoms. The molecule has 12 heavy (non-hydrogen) atoms. The Hall–Kier alpha value is 0.810. The van der Waals surface area contributed by atoms with Gasteiger partial charge < -0.3 is 4.57 Å². The maximum atomic E-state index is 10.5. The van der Waals surface area contributed by atoms with Crippen LogP contribution in [-0.4, -0.2) is 12.0 Å². The molecule has 0 fully saturated rings. The molecule has 0 amide bonds. The van der Waals surface area contributed by atoms with Gasteiger partial charge in [-0.1, -0.05) is 36.9 Å². The van der Waals surface area contributed by atoms with Crippen molar-refractivity contribution in [2.45, 2.75) is 38.5 Å². The summed E-state index contributed by atoms with van der Waals surface area (Å²) in [6.45, 7) is 0. The van der Waals surface area contributed by atoms with E-state index in [0.717, 1.165) is 25.1 Å². The molecule has 74 valence electrons. The van der Waals surface area contributed by atoms with E-state index in [1.807, 2.05) is 0 Å². The van der Waals surface area contributed by atoms with Gasteiger partial charge in [-0.05, 0) is 12.8 Å². The second-order valence-electron chi connectivity index (χ2n) is 2.92. The largest absolute Gasteiger partial charge is 0.310 e. The first kappa shape index (κ1) is 12.8. The third-order valence-electron chi connectivity index (χ3n) is 1.76. The Morgan fingerprint density at radius 3 is 1.92 bits per heavy atom. The third kappa shape index (κ3) is 10.8. The van der Waals surface area contributed by atoms with Crippen LogP contribution in [0.3, 0.4) is 0 Å². The van der Waals surface area contributed by atoms with Crippen molar-refractivity contribution in [1.29, 1.82) is 0 Å². The highest BCUT2D eigenvalue weighted by molar-refractivity contribution is 7.73. The maximum Gasteiger partial charge on any atom is 0.158 e. The van der Waals surface area contributed by atoms with Gasteiger partial charge in [-0.2, -0.15) is 0 Å². The Kier molecular flexibility index (Phi) is 10.6. The Labute approximate surface area is 85.4 Å². The van der Waals surface area contributed by atoms with Gasteiger partial charge >= 0.3 is 0 Å². The van der Waals surface area contributed by atoms with E-state index in [1.165, 1.54) is 19.3 Å². The Morgan fingerprint density at radius 1 is 0.917 bits per heavy atom. The number of rotatable bonds is 8. The molecule has 4 heteroatoms. The molecular formula is C8H17Cl2OP. The molecule has 0 aromatic rings. The van der Waals surface area contributed by atoms with Crippen molar-refractivity contribution in [2.24, 2.45) is 0 Å². The van der Waals surface area contributed by atoms with Crippen LogP contribution in [0.4, 0.5) is 0 Å². The lowest BCUT2D eigenvalue weighted by molar-refractivity contribution is 0.588. The van der Waals surface area contributed by atoms with Crippen LogP contribution >= 0.6 is 30.0 Å². The smallest absolute Gasteiger partial charge is 0.158 e. The average molecular weight is 231 g/mol. The first-order valence-electron chi connectivity index (χ1n) is 4.51. The molecule has 0 aliphatic heterocycles. The van der Waals surface area contributed by atoms with Gasteiger partial charge in [-0.25, -0.2) is 0 Å². The molecule has 0 aliphatic rings. The molecule has 1 atom stereocenters. The molecule has 1 unspecified atom stereocenters. The van der Waals surface area contributed by atoms with Crippen molar-refractivity contribution < 1.29 is 4.57 Å². The van der Waals surface area contributed by atoms with E-state index in [2.05, 4.69) is 0 Å². The van der Waals surface area contributed by atoms with Crippen molar-refractivity contribution in [3.05, 3.63) is 0 Å². The van der Waals surface area contributed by atoms with Crippen LogP contribution in [-0.2, 0) is 4.57 Å². The predicted octanol–water partition coefficient (Wildman–Crippen LogP) is 4.28. The van der Waals surface area contributed by atoms with Crippen LogP contribution < -0.4 is 0 Å². The second-order valence-corrected chi connectivity index (χ2v) is 5.77. The molecule has 0 saturated carbocycles. The van der Waals surface area contributed by atoms with Gasteiger partial charge in [0.2, 0.25) is 0 Å². The van der Waals surface area contributed by atoms with Crippen molar-refractivity contribution in [1.82, 2.24) is 0 Å². The highest BCUT2D eigenvalue weighted by Gasteiger charge is 1.94. The van der Waals surface area contributed by atoms with Gasteiger partial charge in [-0.3, -0.25) is 0 Å². The van der Waals surface area contributed by atoms with Gasteiger partial charge in [0.05, 0.1) is 0 Å². The molecule has 0 radical (unpaired) electrons. The van der Waals surface area contributed by atoms with Crippen LogP contribution in [0.15, 0.2) is 0 Å². The molecule has 0 aliphatic carbocycles. The van der Waals surface area contributed by atoms with Crippen molar-refractivity contribution in [3.8, 4) is 0 Å². The molecule has 0 saturated heterocycles. The zero-order chi connectivity index (χ0) is 9.23. The van der Waals surface area contributed by atoms with Gasteiger partial charge in [0.1, 0.15) is 0 Å². The summed E-state index contributed by atoms with van der Waals surface area (Å²) in [7, 11) is -1.73. The van der Waals surface area contributed by atoms with Gasteiger partial charge in [0, 0.05) is 12.0 Å². The number of halogens is 2. The van der Waals surface area contributed by atoms with Crippen LogP contribution in [0.2, 0.25) is 0 Å². The standard InChI is InChI=1S/C8H17Cl2OP/c9-7-5-3-1-2-4-6-8-12(10)11/h12H,1-8H2. The fourth-order valence-corrected chi connectivity index (χ4v) is 2.18. The van der Waals surface area contributed by atoms with Gasteiger partial charge in [0.15, 0.2) is 7.15 Å². The molecule has 0 aromatic heterocycles. The Bertz CT molecular complexity index is 120. The third-order valence-corrected chi connectivity index (χ3v) is 3.34. The molecule has 0 heterocycles. The molecule has 0 rings (SSSR count). The number of unbranched alkanes of at least 4 members (excludes halogenated alkanes) is 5. The van der Waals surface area contributed by atoms with Crippen LogP contribution in [0.5, 0.6) is 0 Å². The van der Waals surface area contributed by atoms with Crippen molar-refractivity contribution in [3.63, 3.8) is 0 Å². The van der Waals surface area contributed by atoms with Gasteiger partial charge in [0.25, 0.3) is 0 Å². The van der Waals surface area contributed by atoms with E-state index in [0.29, 0.717) is 6.16 Å². The molecular weight excluding hydrogens is 214 g/mol. The van der Waals surface area contributed by atoms with Gasteiger partial charge in [-0.15, -0.1) is 11.6 Å². The topological polar surface area (TPSA) is 17.1 Å². The predicted molar refractivity (Wildman–Crippen MR) is 58.1 cm³/mol. The Morgan fingerprint density at radius 2 is 1.42 bits per heavy atom. The number of hydrogen-bond donors (Lipinski definition) is 0. The van der Waals surface area contributed by atoms with Crippen LogP contribution in [0, 0.1) is 0 Å². The lowest BCUT2D eigenvalue weighted by atomic mass is 10.1. The summed E-state index contributed by atoms with van der Waals surface area (Å²) in [6.07, 6.45) is 7.70. The molecule has 1 nitrogen and oxygen atoms in total. The van der Waals surface area contributed by atoms with E-state index >= 15 is 0 Å². The summed E-state index contributed by atoms with van der Waals surface area (Å²) < 4.78 is 10.5. The van der Waals surface area contributed by atoms with E-state index in [4.69, 9.17) is 22.8 Å². The normalized spacial score (nSPS) is 13.2. The molecule has 0 aromatic carbocycles.